The molecule has 2 atom stereocenters. The summed E-state index contributed by atoms with van der Waals surface area (Å²) in [6.45, 7) is 3.59. The number of methoxy groups -OCH3 is 1. The van der Waals surface area contributed by atoms with Crippen LogP contribution in [0.2, 0.25) is 0 Å². The van der Waals surface area contributed by atoms with Crippen molar-refractivity contribution in [3.63, 3.8) is 0 Å². The Bertz CT molecular complexity index is 727. The molecule has 1 aromatic carbocycles. The Morgan fingerprint density at radius 2 is 1.96 bits per heavy atom. The summed E-state index contributed by atoms with van der Waals surface area (Å²) in [5.41, 5.74) is 0.466. The Balaban J connectivity index is 1.67. The normalized spacial score (nSPS) is 24.6. The molecule has 3 heterocycles. The molecule has 2 aliphatic heterocycles. The Labute approximate surface area is 147 Å². The molecule has 134 valence electrons. The van der Waals surface area contributed by atoms with E-state index in [0.29, 0.717) is 29.8 Å². The van der Waals surface area contributed by atoms with Crippen LogP contribution in [0.25, 0.3) is 11.4 Å². The maximum absolute atomic E-state index is 14.4. The standard InChI is InChI=1S/C19H24FN3O2/c1-24-14-5-6-16(20)15(11-14)19-21-7-10-23(19)18-13-25-12-17(18)22-8-3-2-4-9-22/h5-7,10-11,17-18H,2-4,8-9,12-13H2,1H3/t17-,18-/m1/s1. The van der Waals surface area contributed by atoms with Crippen LogP contribution in [0, 0.1) is 5.82 Å². The van der Waals surface area contributed by atoms with Crippen LogP contribution in [0.1, 0.15) is 25.3 Å². The smallest absolute Gasteiger partial charge is 0.143 e. The summed E-state index contributed by atoms with van der Waals surface area (Å²) in [4.78, 5) is 6.96. The van der Waals surface area contributed by atoms with E-state index in [0.717, 1.165) is 19.7 Å². The summed E-state index contributed by atoms with van der Waals surface area (Å²) >= 11 is 0. The Hall–Kier alpha value is -1.92. The SMILES string of the molecule is COc1ccc(F)c(-c2nccn2[C@@H]2COC[C@H]2N2CCCCC2)c1. The van der Waals surface area contributed by atoms with Crippen LogP contribution in [-0.4, -0.2) is 53.9 Å². The first-order valence-electron chi connectivity index (χ1n) is 8.96. The fraction of sp³-hybridized carbons (Fsp3) is 0.526. The van der Waals surface area contributed by atoms with Crippen LogP contribution in [0.5, 0.6) is 5.75 Å². The fourth-order valence-electron chi connectivity index (χ4n) is 3.99. The molecule has 6 heteroatoms. The van der Waals surface area contributed by atoms with Crippen molar-refractivity contribution in [2.24, 2.45) is 0 Å². The van der Waals surface area contributed by atoms with Gasteiger partial charge in [0.05, 0.1) is 38.0 Å². The highest BCUT2D eigenvalue weighted by Gasteiger charge is 2.36. The van der Waals surface area contributed by atoms with Crippen LogP contribution in [0.15, 0.2) is 30.6 Å². The molecule has 2 aliphatic rings. The predicted octanol–water partition coefficient (Wildman–Crippen LogP) is 3.12. The van der Waals surface area contributed by atoms with Gasteiger partial charge in [0.25, 0.3) is 0 Å². The van der Waals surface area contributed by atoms with E-state index in [1.165, 1.54) is 25.3 Å². The summed E-state index contributed by atoms with van der Waals surface area (Å²) < 4.78 is 27.6. The van der Waals surface area contributed by atoms with Crippen molar-refractivity contribution in [2.75, 3.05) is 33.4 Å². The quantitative estimate of drug-likeness (QED) is 0.854. The van der Waals surface area contributed by atoms with Crippen molar-refractivity contribution in [2.45, 2.75) is 31.3 Å². The van der Waals surface area contributed by atoms with Crippen LogP contribution in [-0.2, 0) is 4.74 Å². The molecule has 2 fully saturated rings. The molecule has 0 saturated carbocycles. The maximum Gasteiger partial charge on any atom is 0.143 e. The number of rotatable bonds is 4. The highest BCUT2D eigenvalue weighted by atomic mass is 19.1. The third-order valence-electron chi connectivity index (χ3n) is 5.32. The topological polar surface area (TPSA) is 39.5 Å². The number of likely N-dealkylation sites (tertiary alicyclic amines) is 1. The molecule has 1 aromatic heterocycles. The van der Waals surface area contributed by atoms with Gasteiger partial charge in [0.1, 0.15) is 17.4 Å². The van der Waals surface area contributed by atoms with Gasteiger partial charge in [0, 0.05) is 12.4 Å². The first kappa shape index (κ1) is 16.5. The lowest BCUT2D eigenvalue weighted by Gasteiger charge is -2.35. The zero-order valence-electron chi connectivity index (χ0n) is 14.5. The van der Waals surface area contributed by atoms with Crippen molar-refractivity contribution in [3.05, 3.63) is 36.4 Å². The zero-order valence-corrected chi connectivity index (χ0v) is 14.5. The second kappa shape index (κ2) is 7.14. The van der Waals surface area contributed by atoms with E-state index in [4.69, 9.17) is 9.47 Å². The highest BCUT2D eigenvalue weighted by molar-refractivity contribution is 5.59. The van der Waals surface area contributed by atoms with Crippen molar-refractivity contribution in [3.8, 4) is 17.1 Å². The molecule has 0 aliphatic carbocycles. The van der Waals surface area contributed by atoms with Crippen LogP contribution in [0.3, 0.4) is 0 Å². The van der Waals surface area contributed by atoms with Gasteiger partial charge in [-0.15, -0.1) is 0 Å². The van der Waals surface area contributed by atoms with Gasteiger partial charge in [0.15, 0.2) is 0 Å². The first-order valence-corrected chi connectivity index (χ1v) is 8.96. The van der Waals surface area contributed by atoms with Crippen molar-refractivity contribution >= 4 is 0 Å². The highest BCUT2D eigenvalue weighted by Crippen LogP contribution is 2.33. The number of hydrogen-bond acceptors (Lipinski definition) is 4. The molecule has 5 nitrogen and oxygen atoms in total. The lowest BCUT2D eigenvalue weighted by Crippen LogP contribution is -2.44. The lowest BCUT2D eigenvalue weighted by molar-refractivity contribution is 0.122. The molecule has 0 bridgehead atoms. The second-order valence-corrected chi connectivity index (χ2v) is 6.77. The van der Waals surface area contributed by atoms with Crippen molar-refractivity contribution in [1.82, 2.24) is 14.5 Å². The zero-order chi connectivity index (χ0) is 17.2. The number of nitrogens with zero attached hydrogens (tertiary/aromatic N) is 3. The maximum atomic E-state index is 14.4. The number of aromatic nitrogens is 2. The van der Waals surface area contributed by atoms with E-state index in [1.54, 1.807) is 25.4 Å². The van der Waals surface area contributed by atoms with E-state index in [2.05, 4.69) is 14.5 Å². The molecule has 0 amide bonds. The minimum atomic E-state index is -0.290. The molecule has 0 radical (unpaired) electrons. The fourth-order valence-corrected chi connectivity index (χ4v) is 3.99. The largest absolute Gasteiger partial charge is 0.497 e. The second-order valence-electron chi connectivity index (χ2n) is 6.77. The molecule has 0 spiro atoms. The monoisotopic (exact) mass is 345 g/mol. The van der Waals surface area contributed by atoms with Gasteiger partial charge in [-0.2, -0.15) is 0 Å². The van der Waals surface area contributed by atoms with E-state index >= 15 is 0 Å². The molecule has 25 heavy (non-hydrogen) atoms. The van der Waals surface area contributed by atoms with Crippen molar-refractivity contribution in [1.29, 1.82) is 0 Å². The number of ether oxygens (including phenoxy) is 2. The molecule has 2 aromatic rings. The van der Waals surface area contributed by atoms with Gasteiger partial charge in [-0.05, 0) is 44.1 Å². The minimum absolute atomic E-state index is 0.154. The van der Waals surface area contributed by atoms with E-state index in [9.17, 15) is 4.39 Å². The first-order chi connectivity index (χ1) is 12.3. The number of hydrogen-bond donors (Lipinski definition) is 0. The van der Waals surface area contributed by atoms with Crippen LogP contribution >= 0.6 is 0 Å². The van der Waals surface area contributed by atoms with Gasteiger partial charge in [-0.25, -0.2) is 9.37 Å². The number of benzene rings is 1. The molecule has 0 N–H and O–H groups in total. The number of halogens is 1. The molecular weight excluding hydrogens is 321 g/mol. The Morgan fingerprint density at radius 3 is 2.76 bits per heavy atom. The Kier molecular flexibility index (Phi) is 4.72. The average molecular weight is 345 g/mol. The predicted molar refractivity (Wildman–Crippen MR) is 93.2 cm³/mol. The number of piperidine rings is 1. The molecule has 2 saturated heterocycles. The average Bonchev–Trinajstić information content (AvgIpc) is 3.32. The van der Waals surface area contributed by atoms with E-state index in [1.807, 2.05) is 6.20 Å². The van der Waals surface area contributed by atoms with E-state index < -0.39 is 0 Å². The summed E-state index contributed by atoms with van der Waals surface area (Å²) in [6.07, 6.45) is 7.46. The molecular formula is C19H24FN3O2. The third-order valence-corrected chi connectivity index (χ3v) is 5.32. The van der Waals surface area contributed by atoms with Crippen LogP contribution < -0.4 is 4.74 Å². The van der Waals surface area contributed by atoms with Crippen LogP contribution in [0.4, 0.5) is 4.39 Å². The molecule has 4 rings (SSSR count). The van der Waals surface area contributed by atoms with E-state index in [-0.39, 0.29) is 11.9 Å². The Morgan fingerprint density at radius 1 is 1.16 bits per heavy atom. The summed E-state index contributed by atoms with van der Waals surface area (Å²) in [5.74, 6) is 0.969. The van der Waals surface area contributed by atoms with Gasteiger partial charge < -0.3 is 14.0 Å². The number of imidazole rings is 1. The van der Waals surface area contributed by atoms with Crippen molar-refractivity contribution < 1.29 is 13.9 Å². The third kappa shape index (κ3) is 3.16. The molecule has 0 unspecified atom stereocenters. The summed E-state index contributed by atoms with van der Waals surface area (Å²) in [5, 5.41) is 0. The summed E-state index contributed by atoms with van der Waals surface area (Å²) in [7, 11) is 1.58. The lowest BCUT2D eigenvalue weighted by atomic mass is 10.0. The van der Waals surface area contributed by atoms with Gasteiger partial charge in [-0.3, -0.25) is 4.90 Å². The van der Waals surface area contributed by atoms with Gasteiger partial charge in [0.2, 0.25) is 0 Å². The van der Waals surface area contributed by atoms with Gasteiger partial charge >= 0.3 is 0 Å². The minimum Gasteiger partial charge on any atom is -0.497 e. The van der Waals surface area contributed by atoms with Gasteiger partial charge in [-0.1, -0.05) is 6.42 Å². The summed E-state index contributed by atoms with van der Waals surface area (Å²) in [6, 6.07) is 5.24.